The van der Waals surface area contributed by atoms with Gasteiger partial charge >= 0.3 is 0 Å². The van der Waals surface area contributed by atoms with E-state index in [4.69, 9.17) is 0 Å². The summed E-state index contributed by atoms with van der Waals surface area (Å²) in [6.07, 6.45) is 2.22. The molecular weight excluding hydrogens is 102 g/mol. The smallest absolute Gasteiger partial charge is 0.0595 e. The van der Waals surface area contributed by atoms with Gasteiger partial charge in [-0.2, -0.15) is 0 Å². The molecule has 2 rings (SSSR count). The lowest BCUT2D eigenvalue weighted by Gasteiger charge is -2.15. The second-order valence-electron chi connectivity index (χ2n) is 2.90. The molecule has 2 aliphatic rings. The van der Waals surface area contributed by atoms with Gasteiger partial charge in [0.2, 0.25) is 0 Å². The van der Waals surface area contributed by atoms with Crippen molar-refractivity contribution in [3.05, 3.63) is 0 Å². The Kier molecular flexibility index (Phi) is 0.866. The minimum atomic E-state index is 0.0150. The highest BCUT2D eigenvalue weighted by Crippen LogP contribution is 2.30. The highest BCUT2D eigenvalue weighted by molar-refractivity contribution is 4.94. The molecule has 1 aliphatic heterocycles. The van der Waals surface area contributed by atoms with Crippen molar-refractivity contribution in [1.82, 2.24) is 5.32 Å². The molecule has 2 bridgehead atoms. The van der Waals surface area contributed by atoms with Crippen LogP contribution in [0.1, 0.15) is 12.8 Å². The van der Waals surface area contributed by atoms with Crippen molar-refractivity contribution < 1.29 is 5.11 Å². The zero-order chi connectivity index (χ0) is 5.56. The van der Waals surface area contributed by atoms with Crippen LogP contribution in [0.5, 0.6) is 0 Å². The van der Waals surface area contributed by atoms with Crippen molar-refractivity contribution >= 4 is 0 Å². The summed E-state index contributed by atoms with van der Waals surface area (Å²) in [7, 11) is 0. The number of fused-ring (bicyclic) bond motifs is 2. The fourth-order valence-electron chi connectivity index (χ4n) is 1.81. The molecule has 0 spiro atoms. The van der Waals surface area contributed by atoms with Crippen molar-refractivity contribution in [3.8, 4) is 0 Å². The number of aliphatic hydroxyl groups excluding tert-OH is 1. The first-order chi connectivity index (χ1) is 3.86. The van der Waals surface area contributed by atoms with Crippen LogP contribution in [0.2, 0.25) is 0 Å². The van der Waals surface area contributed by atoms with Crippen LogP contribution in [-0.4, -0.2) is 23.8 Å². The molecule has 46 valence electrons. The molecule has 2 nitrogen and oxygen atoms in total. The van der Waals surface area contributed by atoms with Crippen LogP contribution in [0.15, 0.2) is 0 Å². The SMILES string of the molecule is O[C@H]1CC2CC1CN2. The summed E-state index contributed by atoms with van der Waals surface area (Å²) in [5, 5.41) is 12.5. The van der Waals surface area contributed by atoms with E-state index in [9.17, 15) is 5.11 Å². The van der Waals surface area contributed by atoms with E-state index < -0.39 is 0 Å². The van der Waals surface area contributed by atoms with Crippen molar-refractivity contribution in [3.63, 3.8) is 0 Å². The van der Waals surface area contributed by atoms with E-state index in [1.54, 1.807) is 0 Å². The number of rotatable bonds is 0. The van der Waals surface area contributed by atoms with Crippen molar-refractivity contribution in [1.29, 1.82) is 0 Å². The molecule has 1 saturated carbocycles. The Bertz CT molecular complexity index is 103. The summed E-state index contributed by atoms with van der Waals surface area (Å²) in [6.45, 7) is 1.05. The Morgan fingerprint density at radius 1 is 1.38 bits per heavy atom. The van der Waals surface area contributed by atoms with Gasteiger partial charge in [0.25, 0.3) is 0 Å². The Labute approximate surface area is 48.9 Å². The number of nitrogens with one attached hydrogen (secondary N) is 1. The zero-order valence-corrected chi connectivity index (χ0v) is 4.80. The third kappa shape index (κ3) is 0.501. The van der Waals surface area contributed by atoms with Crippen LogP contribution in [0.3, 0.4) is 0 Å². The molecule has 0 aromatic heterocycles. The maximum Gasteiger partial charge on any atom is 0.0595 e. The lowest BCUT2D eigenvalue weighted by Crippen LogP contribution is -2.32. The van der Waals surface area contributed by atoms with Gasteiger partial charge in [-0.05, 0) is 18.8 Å². The predicted octanol–water partition coefficient (Wildman–Crippen LogP) is -0.271. The average Bonchev–Trinajstić information content (AvgIpc) is 2.23. The molecule has 0 aromatic carbocycles. The van der Waals surface area contributed by atoms with Gasteiger partial charge in [-0.15, -0.1) is 0 Å². The molecule has 2 fully saturated rings. The average molecular weight is 113 g/mol. The molecule has 2 N–H and O–H groups in total. The Morgan fingerprint density at radius 3 is 2.50 bits per heavy atom. The second kappa shape index (κ2) is 1.45. The molecule has 0 aromatic rings. The second-order valence-corrected chi connectivity index (χ2v) is 2.90. The fourth-order valence-corrected chi connectivity index (χ4v) is 1.81. The van der Waals surface area contributed by atoms with Gasteiger partial charge in [-0.1, -0.05) is 0 Å². The standard InChI is InChI=1S/C6H11NO/c8-6-2-5-1-4(6)3-7-5/h4-8H,1-3H2/t4?,5?,6-/m0/s1. The van der Waals surface area contributed by atoms with Crippen LogP contribution in [-0.2, 0) is 0 Å². The van der Waals surface area contributed by atoms with Crippen LogP contribution in [0, 0.1) is 5.92 Å². The van der Waals surface area contributed by atoms with E-state index in [0.717, 1.165) is 13.0 Å². The highest BCUT2D eigenvalue weighted by atomic mass is 16.3. The molecule has 1 heterocycles. The monoisotopic (exact) mass is 113 g/mol. The lowest BCUT2D eigenvalue weighted by molar-refractivity contribution is 0.121. The first-order valence-electron chi connectivity index (χ1n) is 3.28. The van der Waals surface area contributed by atoms with Crippen LogP contribution in [0.25, 0.3) is 0 Å². The Balaban J connectivity index is 2.11. The zero-order valence-electron chi connectivity index (χ0n) is 4.80. The topological polar surface area (TPSA) is 32.3 Å². The molecule has 3 atom stereocenters. The van der Waals surface area contributed by atoms with Gasteiger partial charge in [-0.3, -0.25) is 0 Å². The minimum absolute atomic E-state index is 0.0150. The molecule has 0 amide bonds. The van der Waals surface area contributed by atoms with Gasteiger partial charge in [0.15, 0.2) is 0 Å². The van der Waals surface area contributed by atoms with Gasteiger partial charge < -0.3 is 10.4 Å². The van der Waals surface area contributed by atoms with Gasteiger partial charge in [0, 0.05) is 12.6 Å². The van der Waals surface area contributed by atoms with E-state index in [2.05, 4.69) is 5.32 Å². The maximum absolute atomic E-state index is 9.18. The maximum atomic E-state index is 9.18. The highest BCUT2D eigenvalue weighted by Gasteiger charge is 2.37. The predicted molar refractivity (Wildman–Crippen MR) is 30.5 cm³/mol. The summed E-state index contributed by atoms with van der Waals surface area (Å²) in [5.74, 6) is 0.583. The summed E-state index contributed by atoms with van der Waals surface area (Å²) >= 11 is 0. The van der Waals surface area contributed by atoms with Crippen LogP contribution in [0.4, 0.5) is 0 Å². The molecule has 2 unspecified atom stereocenters. The number of hydrogen-bond donors (Lipinski definition) is 2. The molecule has 8 heavy (non-hydrogen) atoms. The lowest BCUT2D eigenvalue weighted by atomic mass is 10.1. The number of piperidine rings is 1. The van der Waals surface area contributed by atoms with E-state index >= 15 is 0 Å². The molecular formula is C6H11NO. The van der Waals surface area contributed by atoms with E-state index in [0.29, 0.717) is 12.0 Å². The van der Waals surface area contributed by atoms with E-state index in [1.165, 1.54) is 6.42 Å². The van der Waals surface area contributed by atoms with Gasteiger partial charge in [0.05, 0.1) is 6.10 Å². The summed E-state index contributed by atoms with van der Waals surface area (Å²) < 4.78 is 0. The quantitative estimate of drug-likeness (QED) is 0.453. The minimum Gasteiger partial charge on any atom is -0.393 e. The Hall–Kier alpha value is -0.0800. The summed E-state index contributed by atoms with van der Waals surface area (Å²) in [6, 6.07) is 0.648. The molecule has 2 heteroatoms. The molecule has 1 aliphatic carbocycles. The third-order valence-electron chi connectivity index (χ3n) is 2.33. The fraction of sp³-hybridized carbons (Fsp3) is 1.00. The first kappa shape index (κ1) is 4.77. The van der Waals surface area contributed by atoms with Crippen LogP contribution >= 0.6 is 0 Å². The van der Waals surface area contributed by atoms with E-state index in [-0.39, 0.29) is 6.10 Å². The summed E-state index contributed by atoms with van der Waals surface area (Å²) in [5.41, 5.74) is 0. The van der Waals surface area contributed by atoms with Gasteiger partial charge in [-0.25, -0.2) is 0 Å². The van der Waals surface area contributed by atoms with Crippen molar-refractivity contribution in [2.24, 2.45) is 5.92 Å². The number of aliphatic hydroxyl groups is 1. The van der Waals surface area contributed by atoms with Crippen molar-refractivity contribution in [2.75, 3.05) is 6.54 Å². The van der Waals surface area contributed by atoms with Crippen LogP contribution < -0.4 is 5.32 Å². The van der Waals surface area contributed by atoms with Crippen molar-refractivity contribution in [2.45, 2.75) is 25.0 Å². The molecule has 0 radical (unpaired) electrons. The first-order valence-corrected chi connectivity index (χ1v) is 3.28. The summed E-state index contributed by atoms with van der Waals surface area (Å²) in [4.78, 5) is 0. The van der Waals surface area contributed by atoms with Gasteiger partial charge in [0.1, 0.15) is 0 Å². The number of hydrogen-bond acceptors (Lipinski definition) is 2. The van der Waals surface area contributed by atoms with E-state index in [1.807, 2.05) is 0 Å². The largest absolute Gasteiger partial charge is 0.393 e. The normalized spacial score (nSPS) is 52.9. The molecule has 1 saturated heterocycles. The Morgan fingerprint density at radius 2 is 2.25 bits per heavy atom. The third-order valence-corrected chi connectivity index (χ3v) is 2.33.